The first kappa shape index (κ1) is 20.2. The van der Waals surface area contributed by atoms with Gasteiger partial charge >= 0.3 is 6.03 Å². The van der Waals surface area contributed by atoms with Crippen LogP contribution < -0.4 is 10.6 Å². The molecule has 0 radical (unpaired) electrons. The molecule has 0 spiro atoms. The van der Waals surface area contributed by atoms with Gasteiger partial charge in [0, 0.05) is 49.2 Å². The van der Waals surface area contributed by atoms with Gasteiger partial charge in [-0.05, 0) is 18.2 Å². The second-order valence-corrected chi connectivity index (χ2v) is 7.99. The van der Waals surface area contributed by atoms with E-state index >= 15 is 0 Å². The Labute approximate surface area is 188 Å². The molecule has 0 bridgehead atoms. The first-order valence-corrected chi connectivity index (χ1v) is 10.3. The highest BCUT2D eigenvalue weighted by molar-refractivity contribution is 6.30. The quantitative estimate of drug-likeness (QED) is 0.508. The molecule has 4 aromatic rings. The summed E-state index contributed by atoms with van der Waals surface area (Å²) in [5, 5.41) is 0.805. The smallest absolute Gasteiger partial charge is 0.326 e. The number of anilines is 2. The maximum atomic E-state index is 14.2. The van der Waals surface area contributed by atoms with E-state index in [4.69, 9.17) is 17.3 Å². The number of benzene rings is 1. The topological polar surface area (TPSA) is 93.2 Å². The van der Waals surface area contributed by atoms with E-state index in [-0.39, 0.29) is 17.6 Å². The minimum Gasteiger partial charge on any atom is -0.383 e. The fraction of sp³-hybridized carbons (Fsp3) is 0.182. The molecule has 162 valence electrons. The lowest BCUT2D eigenvalue weighted by atomic mass is 10.1. The lowest BCUT2D eigenvalue weighted by molar-refractivity contribution is 0.218. The molecule has 1 aliphatic rings. The second kappa shape index (κ2) is 7.76. The third-order valence-electron chi connectivity index (χ3n) is 5.61. The van der Waals surface area contributed by atoms with Gasteiger partial charge in [-0.3, -0.25) is 4.90 Å². The summed E-state index contributed by atoms with van der Waals surface area (Å²) in [6, 6.07) is 8.23. The largest absolute Gasteiger partial charge is 0.383 e. The predicted molar refractivity (Wildman–Crippen MR) is 121 cm³/mol. The van der Waals surface area contributed by atoms with Crippen LogP contribution in [0.2, 0.25) is 5.02 Å². The van der Waals surface area contributed by atoms with Crippen LogP contribution in [0.3, 0.4) is 0 Å². The highest BCUT2D eigenvalue weighted by Gasteiger charge is 2.31. The summed E-state index contributed by atoms with van der Waals surface area (Å²) in [6.07, 6.45) is 5.06. The average Bonchev–Trinajstić information content (AvgIpc) is 3.32. The first-order chi connectivity index (χ1) is 15.4. The molecule has 0 aliphatic carbocycles. The van der Waals surface area contributed by atoms with Crippen molar-refractivity contribution in [1.82, 2.24) is 24.4 Å². The zero-order valence-corrected chi connectivity index (χ0v) is 17.9. The normalized spacial score (nSPS) is 14.0. The number of nitrogens with zero attached hydrogens (tertiary/aromatic N) is 6. The van der Waals surface area contributed by atoms with E-state index in [1.54, 1.807) is 34.2 Å². The van der Waals surface area contributed by atoms with Gasteiger partial charge in [-0.1, -0.05) is 23.7 Å². The number of urea groups is 1. The first-order valence-electron chi connectivity index (χ1n) is 9.95. The van der Waals surface area contributed by atoms with Gasteiger partial charge in [-0.2, -0.15) is 0 Å². The third kappa shape index (κ3) is 3.31. The number of fused-ring (bicyclic) bond motifs is 1. The van der Waals surface area contributed by atoms with Gasteiger partial charge in [0.25, 0.3) is 0 Å². The standard InChI is InChI=1S/C22H19ClFN7O/c1-29-11-15(18-20(25)27-12-28-21(18)29)13-5-6-17(26-9-13)31-8-7-30(22(31)32)10-14-3-2-4-16(23)19(14)24/h2-6,9,11-12H,7-8,10H2,1H3,(H2,25,27,28). The molecule has 0 unspecified atom stereocenters. The Morgan fingerprint density at radius 2 is 2.00 bits per heavy atom. The van der Waals surface area contributed by atoms with Crippen molar-refractivity contribution >= 4 is 40.3 Å². The van der Waals surface area contributed by atoms with Crippen LogP contribution >= 0.6 is 11.6 Å². The lowest BCUT2D eigenvalue weighted by Gasteiger charge is -2.18. The highest BCUT2D eigenvalue weighted by Crippen LogP contribution is 2.32. The number of rotatable bonds is 4. The number of carbonyl (C=O) groups excluding carboxylic acids is 1. The third-order valence-corrected chi connectivity index (χ3v) is 5.90. The number of halogens is 2. The average molecular weight is 452 g/mol. The molecule has 4 heterocycles. The summed E-state index contributed by atoms with van der Waals surface area (Å²) in [5.41, 5.74) is 8.89. The number of nitrogens with two attached hydrogens (primary N) is 1. The molecule has 8 nitrogen and oxygen atoms in total. The van der Waals surface area contributed by atoms with Crippen LogP contribution in [0.4, 0.5) is 20.8 Å². The Morgan fingerprint density at radius 3 is 2.78 bits per heavy atom. The van der Waals surface area contributed by atoms with Crippen molar-refractivity contribution in [2.24, 2.45) is 7.05 Å². The number of hydrogen-bond acceptors (Lipinski definition) is 5. The second-order valence-electron chi connectivity index (χ2n) is 7.58. The summed E-state index contributed by atoms with van der Waals surface area (Å²) in [7, 11) is 1.89. The maximum Gasteiger partial charge on any atom is 0.326 e. The molecular formula is C22H19ClFN7O. The maximum absolute atomic E-state index is 14.2. The zero-order chi connectivity index (χ0) is 22.4. The van der Waals surface area contributed by atoms with E-state index in [0.29, 0.717) is 30.3 Å². The van der Waals surface area contributed by atoms with E-state index in [1.807, 2.05) is 23.9 Å². The van der Waals surface area contributed by atoms with Crippen molar-refractivity contribution in [3.63, 3.8) is 0 Å². The van der Waals surface area contributed by atoms with Crippen LogP contribution in [0.25, 0.3) is 22.2 Å². The molecule has 1 fully saturated rings. The Balaban J connectivity index is 1.38. The molecule has 1 aliphatic heterocycles. The lowest BCUT2D eigenvalue weighted by Crippen LogP contribution is -2.32. The van der Waals surface area contributed by atoms with Crippen LogP contribution in [0, 0.1) is 5.82 Å². The summed E-state index contributed by atoms with van der Waals surface area (Å²) < 4.78 is 16.1. The van der Waals surface area contributed by atoms with Gasteiger partial charge in [0.05, 0.1) is 17.0 Å². The summed E-state index contributed by atoms with van der Waals surface area (Å²) in [4.78, 5) is 28.9. The fourth-order valence-corrected chi connectivity index (χ4v) is 4.17. The molecule has 10 heteroatoms. The van der Waals surface area contributed by atoms with Gasteiger partial charge in [0.1, 0.15) is 29.4 Å². The Hall–Kier alpha value is -3.72. The number of hydrogen-bond donors (Lipinski definition) is 1. The number of carbonyl (C=O) groups is 1. The van der Waals surface area contributed by atoms with E-state index in [0.717, 1.165) is 22.2 Å². The fourth-order valence-electron chi connectivity index (χ4n) is 3.98. The van der Waals surface area contributed by atoms with Crippen LogP contribution in [0.1, 0.15) is 5.56 Å². The molecule has 2 amide bonds. The van der Waals surface area contributed by atoms with Crippen molar-refractivity contribution in [2.75, 3.05) is 23.7 Å². The highest BCUT2D eigenvalue weighted by atomic mass is 35.5. The van der Waals surface area contributed by atoms with Crippen LogP contribution in [0.5, 0.6) is 0 Å². The number of amides is 2. The number of aryl methyl sites for hydroxylation is 1. The van der Waals surface area contributed by atoms with Crippen molar-refractivity contribution in [1.29, 1.82) is 0 Å². The summed E-state index contributed by atoms with van der Waals surface area (Å²) >= 11 is 5.86. The van der Waals surface area contributed by atoms with Gasteiger partial charge < -0.3 is 15.2 Å². The molecule has 5 rings (SSSR count). The molecule has 1 aromatic carbocycles. The van der Waals surface area contributed by atoms with Crippen LogP contribution in [-0.4, -0.2) is 43.5 Å². The molecule has 2 N–H and O–H groups in total. The van der Waals surface area contributed by atoms with Crippen molar-refractivity contribution in [3.05, 3.63) is 65.5 Å². The zero-order valence-electron chi connectivity index (χ0n) is 17.2. The molecule has 0 saturated carbocycles. The minimum atomic E-state index is -0.499. The Morgan fingerprint density at radius 1 is 1.16 bits per heavy atom. The SMILES string of the molecule is Cn1cc(-c2ccc(N3CCN(Cc4cccc(Cl)c4F)C3=O)nc2)c2c(N)ncnc21. The molecule has 3 aromatic heterocycles. The Bertz CT molecular complexity index is 1340. The Kier molecular flexibility index (Phi) is 4.90. The predicted octanol–water partition coefficient (Wildman–Crippen LogP) is 3.85. The van der Waals surface area contributed by atoms with E-state index in [9.17, 15) is 9.18 Å². The van der Waals surface area contributed by atoms with Gasteiger partial charge in [-0.15, -0.1) is 0 Å². The number of pyridine rings is 1. The number of nitrogen functional groups attached to an aromatic ring is 1. The van der Waals surface area contributed by atoms with E-state index < -0.39 is 5.82 Å². The molecule has 1 saturated heterocycles. The molecule has 0 atom stereocenters. The summed E-state index contributed by atoms with van der Waals surface area (Å²) in [5.74, 6) is 0.423. The van der Waals surface area contributed by atoms with Crippen molar-refractivity contribution < 1.29 is 9.18 Å². The van der Waals surface area contributed by atoms with Gasteiger partial charge in [-0.25, -0.2) is 24.1 Å². The monoisotopic (exact) mass is 451 g/mol. The van der Waals surface area contributed by atoms with Gasteiger partial charge in [0.15, 0.2) is 0 Å². The minimum absolute atomic E-state index is 0.0442. The number of aromatic nitrogens is 4. The van der Waals surface area contributed by atoms with E-state index in [1.165, 1.54) is 12.4 Å². The molecule has 32 heavy (non-hydrogen) atoms. The van der Waals surface area contributed by atoms with Crippen molar-refractivity contribution in [3.8, 4) is 11.1 Å². The molecular weight excluding hydrogens is 433 g/mol. The van der Waals surface area contributed by atoms with E-state index in [2.05, 4.69) is 15.0 Å². The van der Waals surface area contributed by atoms with Crippen LogP contribution in [-0.2, 0) is 13.6 Å². The van der Waals surface area contributed by atoms with Crippen LogP contribution in [0.15, 0.2) is 49.1 Å². The van der Waals surface area contributed by atoms with Gasteiger partial charge in [0.2, 0.25) is 0 Å². The van der Waals surface area contributed by atoms with Crippen molar-refractivity contribution in [2.45, 2.75) is 6.54 Å². The summed E-state index contributed by atoms with van der Waals surface area (Å²) in [6.45, 7) is 1.07.